The van der Waals surface area contributed by atoms with E-state index in [1.807, 2.05) is 52.3 Å². The van der Waals surface area contributed by atoms with Gasteiger partial charge in [-0.25, -0.2) is 0 Å². The van der Waals surface area contributed by atoms with Crippen molar-refractivity contribution in [3.63, 3.8) is 0 Å². The molecule has 3 fully saturated rings. The molecule has 2 saturated heterocycles. The van der Waals surface area contributed by atoms with E-state index in [1.54, 1.807) is 7.11 Å². The molecule has 9 heteroatoms. The fraction of sp³-hybridized carbons (Fsp3) is 0.516. The standard InChI is InChI=1S/C31H41N5O4/c1-40-26-10-7-23(8-11-26)21-29(37)33-27-22-25(31(39)35-15-13-32-14-16-35)9-12-28(27)34-17-19-36(20-18-34)30(38)24-5-3-2-4-6-24/h7-12,22,24,32H,2-6,13-21H2,1H3,(H,33,37). The summed E-state index contributed by atoms with van der Waals surface area (Å²) in [4.78, 5) is 45.6. The van der Waals surface area contributed by atoms with E-state index in [1.165, 1.54) is 6.42 Å². The highest BCUT2D eigenvalue weighted by Crippen LogP contribution is 2.31. The second-order valence-electron chi connectivity index (χ2n) is 11.0. The highest BCUT2D eigenvalue weighted by atomic mass is 16.5. The van der Waals surface area contributed by atoms with Gasteiger partial charge in [-0.2, -0.15) is 0 Å². The number of hydrogen-bond donors (Lipinski definition) is 2. The summed E-state index contributed by atoms with van der Waals surface area (Å²) < 4.78 is 5.22. The van der Waals surface area contributed by atoms with Gasteiger partial charge in [0.15, 0.2) is 0 Å². The molecule has 3 amide bonds. The number of carbonyl (C=O) groups excluding carboxylic acids is 3. The van der Waals surface area contributed by atoms with Gasteiger partial charge in [-0.3, -0.25) is 14.4 Å². The predicted octanol–water partition coefficient (Wildman–Crippen LogP) is 3.15. The summed E-state index contributed by atoms with van der Waals surface area (Å²) in [7, 11) is 1.61. The molecule has 2 aromatic rings. The van der Waals surface area contributed by atoms with Gasteiger partial charge >= 0.3 is 0 Å². The van der Waals surface area contributed by atoms with Crippen LogP contribution >= 0.6 is 0 Å². The van der Waals surface area contributed by atoms with E-state index < -0.39 is 0 Å². The van der Waals surface area contributed by atoms with Gasteiger partial charge < -0.3 is 30.1 Å². The monoisotopic (exact) mass is 547 g/mol. The molecule has 2 aromatic carbocycles. The van der Waals surface area contributed by atoms with Crippen molar-refractivity contribution in [2.45, 2.75) is 38.5 Å². The largest absolute Gasteiger partial charge is 0.497 e. The Balaban J connectivity index is 1.31. The molecule has 0 bridgehead atoms. The van der Waals surface area contributed by atoms with E-state index in [0.717, 1.165) is 55.8 Å². The Labute approximate surface area is 236 Å². The Kier molecular flexibility index (Phi) is 9.21. The highest BCUT2D eigenvalue weighted by Gasteiger charge is 2.29. The van der Waals surface area contributed by atoms with Gasteiger partial charge in [-0.15, -0.1) is 0 Å². The highest BCUT2D eigenvalue weighted by molar-refractivity contribution is 6.00. The van der Waals surface area contributed by atoms with Crippen LogP contribution in [-0.2, 0) is 16.0 Å². The quantitative estimate of drug-likeness (QED) is 0.553. The topological polar surface area (TPSA) is 94.2 Å². The first-order chi connectivity index (χ1) is 19.5. The van der Waals surface area contributed by atoms with Crippen molar-refractivity contribution in [2.75, 3.05) is 69.7 Å². The van der Waals surface area contributed by atoms with Crippen molar-refractivity contribution >= 4 is 29.1 Å². The van der Waals surface area contributed by atoms with E-state index in [0.29, 0.717) is 56.4 Å². The molecule has 3 aliphatic rings. The second-order valence-corrected chi connectivity index (χ2v) is 11.0. The molecule has 0 atom stereocenters. The number of nitrogens with zero attached hydrogens (tertiary/aromatic N) is 3. The summed E-state index contributed by atoms with van der Waals surface area (Å²) in [6.07, 6.45) is 5.75. The minimum absolute atomic E-state index is 0.0263. The Hall–Kier alpha value is -3.59. The number of rotatable bonds is 7. The van der Waals surface area contributed by atoms with Crippen LogP contribution in [0, 0.1) is 5.92 Å². The Morgan fingerprint density at radius 1 is 0.875 bits per heavy atom. The lowest BCUT2D eigenvalue weighted by atomic mass is 9.88. The van der Waals surface area contributed by atoms with Crippen LogP contribution in [0.15, 0.2) is 42.5 Å². The van der Waals surface area contributed by atoms with Crippen molar-refractivity contribution in [1.82, 2.24) is 15.1 Å². The molecule has 40 heavy (non-hydrogen) atoms. The average Bonchev–Trinajstić information content (AvgIpc) is 3.01. The van der Waals surface area contributed by atoms with Crippen LogP contribution < -0.4 is 20.3 Å². The summed E-state index contributed by atoms with van der Waals surface area (Å²) in [6, 6.07) is 13.1. The van der Waals surface area contributed by atoms with Crippen molar-refractivity contribution in [3.05, 3.63) is 53.6 Å². The van der Waals surface area contributed by atoms with Crippen LogP contribution in [0.1, 0.15) is 48.0 Å². The molecule has 1 saturated carbocycles. The van der Waals surface area contributed by atoms with Crippen LogP contribution in [0.5, 0.6) is 5.75 Å². The van der Waals surface area contributed by atoms with Gasteiger partial charge in [0, 0.05) is 63.8 Å². The molecule has 0 aromatic heterocycles. The number of carbonyl (C=O) groups is 3. The number of ether oxygens (including phenoxy) is 1. The Bertz CT molecular complexity index is 1180. The van der Waals surface area contributed by atoms with E-state index in [9.17, 15) is 14.4 Å². The van der Waals surface area contributed by atoms with Crippen molar-refractivity contribution < 1.29 is 19.1 Å². The summed E-state index contributed by atoms with van der Waals surface area (Å²) in [5, 5.41) is 6.37. The van der Waals surface area contributed by atoms with E-state index in [4.69, 9.17) is 4.74 Å². The summed E-state index contributed by atoms with van der Waals surface area (Å²) in [6.45, 7) is 5.58. The molecule has 0 radical (unpaired) electrons. The number of anilines is 2. The molecule has 214 valence electrons. The molecular weight excluding hydrogens is 506 g/mol. The maximum absolute atomic E-state index is 13.3. The molecule has 0 spiro atoms. The molecule has 2 aliphatic heterocycles. The van der Waals surface area contributed by atoms with Gasteiger partial charge in [-0.05, 0) is 48.7 Å². The minimum atomic E-state index is -0.149. The predicted molar refractivity (Wildman–Crippen MR) is 156 cm³/mol. The zero-order chi connectivity index (χ0) is 27.9. The van der Waals surface area contributed by atoms with Crippen molar-refractivity contribution in [1.29, 1.82) is 0 Å². The fourth-order valence-electron chi connectivity index (χ4n) is 5.99. The average molecular weight is 548 g/mol. The molecule has 2 heterocycles. The molecule has 2 N–H and O–H groups in total. The van der Waals surface area contributed by atoms with Crippen molar-refractivity contribution in [2.24, 2.45) is 5.92 Å². The van der Waals surface area contributed by atoms with E-state index in [-0.39, 0.29) is 24.2 Å². The van der Waals surface area contributed by atoms with Gasteiger partial charge in [0.1, 0.15) is 5.75 Å². The molecule has 5 rings (SSSR count). The van der Waals surface area contributed by atoms with Gasteiger partial charge in [0.2, 0.25) is 11.8 Å². The van der Waals surface area contributed by atoms with Crippen LogP contribution in [0.25, 0.3) is 0 Å². The number of amides is 3. The fourth-order valence-corrected chi connectivity index (χ4v) is 5.99. The third-order valence-corrected chi connectivity index (χ3v) is 8.33. The number of piperazine rings is 2. The second kappa shape index (κ2) is 13.2. The zero-order valence-corrected chi connectivity index (χ0v) is 23.5. The maximum atomic E-state index is 13.3. The number of nitrogens with one attached hydrogen (secondary N) is 2. The minimum Gasteiger partial charge on any atom is -0.497 e. The van der Waals surface area contributed by atoms with Crippen LogP contribution in [0.2, 0.25) is 0 Å². The zero-order valence-electron chi connectivity index (χ0n) is 23.5. The summed E-state index contributed by atoms with van der Waals surface area (Å²) in [5.41, 5.74) is 2.95. The molecular formula is C31H41N5O4. The SMILES string of the molecule is COc1ccc(CC(=O)Nc2cc(C(=O)N3CCNCC3)ccc2N2CCN(C(=O)C3CCCCC3)CC2)cc1. The first-order valence-electron chi connectivity index (χ1n) is 14.6. The van der Waals surface area contributed by atoms with E-state index in [2.05, 4.69) is 15.5 Å². The third kappa shape index (κ3) is 6.75. The third-order valence-electron chi connectivity index (χ3n) is 8.33. The van der Waals surface area contributed by atoms with Gasteiger partial charge in [0.25, 0.3) is 5.91 Å². The van der Waals surface area contributed by atoms with Crippen LogP contribution in [-0.4, -0.2) is 87.0 Å². The first-order valence-corrected chi connectivity index (χ1v) is 14.6. The number of benzene rings is 2. The smallest absolute Gasteiger partial charge is 0.254 e. The first kappa shape index (κ1) is 28.0. The molecule has 0 unspecified atom stereocenters. The lowest BCUT2D eigenvalue weighted by Gasteiger charge is -2.39. The lowest BCUT2D eigenvalue weighted by Crippen LogP contribution is -2.50. The van der Waals surface area contributed by atoms with Gasteiger partial charge in [-0.1, -0.05) is 31.4 Å². The summed E-state index contributed by atoms with van der Waals surface area (Å²) >= 11 is 0. The summed E-state index contributed by atoms with van der Waals surface area (Å²) in [5.74, 6) is 1.03. The van der Waals surface area contributed by atoms with Gasteiger partial charge in [0.05, 0.1) is 24.9 Å². The number of hydrogen-bond acceptors (Lipinski definition) is 6. The maximum Gasteiger partial charge on any atom is 0.254 e. The molecule has 1 aliphatic carbocycles. The number of methoxy groups -OCH3 is 1. The lowest BCUT2D eigenvalue weighted by molar-refractivity contribution is -0.136. The van der Waals surface area contributed by atoms with Crippen LogP contribution in [0.4, 0.5) is 11.4 Å². The van der Waals surface area contributed by atoms with E-state index >= 15 is 0 Å². The van der Waals surface area contributed by atoms with Crippen LogP contribution in [0.3, 0.4) is 0 Å². The van der Waals surface area contributed by atoms with Crippen molar-refractivity contribution in [3.8, 4) is 5.75 Å². The normalized spacial score (nSPS) is 18.4. The molecule has 9 nitrogen and oxygen atoms in total. The Morgan fingerprint density at radius 3 is 2.25 bits per heavy atom. The Morgan fingerprint density at radius 2 is 1.57 bits per heavy atom.